The molecule has 0 heterocycles. The molecule has 0 N–H and O–H groups in total. The van der Waals surface area contributed by atoms with Crippen molar-refractivity contribution >= 4 is 16.7 Å². The third-order valence-electron chi connectivity index (χ3n) is 6.10. The molecule has 0 atom stereocenters. The quantitative estimate of drug-likeness (QED) is 0.122. The third-order valence-corrected chi connectivity index (χ3v) is 6.10. The molecule has 0 saturated carbocycles. The van der Waals surface area contributed by atoms with Crippen molar-refractivity contribution in [1.29, 1.82) is 0 Å². The number of hydrogen-bond donors (Lipinski definition) is 0. The number of ether oxygens (including phenoxy) is 5. The Kier molecular flexibility index (Phi) is 10.2. The Morgan fingerprint density at radius 1 is 0.703 bits per heavy atom. The van der Waals surface area contributed by atoms with Crippen LogP contribution in [0.5, 0.6) is 11.5 Å². The van der Waals surface area contributed by atoms with E-state index in [-0.39, 0.29) is 6.61 Å². The highest BCUT2D eigenvalue weighted by atomic mass is 16.6. The molecule has 0 saturated heterocycles. The summed E-state index contributed by atoms with van der Waals surface area (Å²) in [6, 6.07) is 18.7. The number of rotatable bonds is 15. The second-order valence-corrected chi connectivity index (χ2v) is 8.57. The maximum Gasteiger partial charge on any atom is 0.330 e. The van der Waals surface area contributed by atoms with Crippen molar-refractivity contribution < 1.29 is 28.5 Å². The molecule has 0 radical (unpaired) electrons. The fourth-order valence-corrected chi connectivity index (χ4v) is 4.34. The lowest BCUT2D eigenvalue weighted by Gasteiger charge is -2.23. The summed E-state index contributed by atoms with van der Waals surface area (Å²) in [5.74, 6) is 1.42. The van der Waals surface area contributed by atoms with E-state index in [4.69, 9.17) is 23.7 Å². The average Bonchev–Trinajstić information content (AvgIpc) is 2.95. The van der Waals surface area contributed by atoms with Gasteiger partial charge in [0.05, 0.1) is 33.0 Å². The summed E-state index contributed by atoms with van der Waals surface area (Å²) in [4.78, 5) is 11.0. The van der Waals surface area contributed by atoms with Crippen LogP contribution in [0.2, 0.25) is 0 Å². The topological polar surface area (TPSA) is 63.2 Å². The zero-order chi connectivity index (χ0) is 25.7. The van der Waals surface area contributed by atoms with Crippen LogP contribution in [0, 0.1) is 0 Å². The first-order valence-electron chi connectivity index (χ1n) is 12.7. The van der Waals surface area contributed by atoms with E-state index < -0.39 is 5.97 Å². The second kappa shape index (κ2) is 14.2. The van der Waals surface area contributed by atoms with Gasteiger partial charge in [-0.25, -0.2) is 4.79 Å². The van der Waals surface area contributed by atoms with E-state index in [9.17, 15) is 4.79 Å². The van der Waals surface area contributed by atoms with Gasteiger partial charge in [-0.1, -0.05) is 73.3 Å². The Balaban J connectivity index is 1.34. The molecule has 0 unspecified atom stereocenters. The number of carbonyl (C=O) groups excluding carboxylic acids is 1. The molecule has 1 aliphatic rings. The van der Waals surface area contributed by atoms with Crippen LogP contribution in [-0.4, -0.2) is 52.2 Å². The van der Waals surface area contributed by atoms with Crippen LogP contribution < -0.4 is 9.47 Å². The lowest BCUT2D eigenvalue weighted by atomic mass is 9.90. The number of carbonyl (C=O) groups is 1. The molecule has 0 aliphatic heterocycles. The highest BCUT2D eigenvalue weighted by molar-refractivity contribution is 5.96. The van der Waals surface area contributed by atoms with E-state index in [0.29, 0.717) is 39.6 Å². The smallest absolute Gasteiger partial charge is 0.330 e. The largest absolute Gasteiger partial charge is 0.492 e. The fourth-order valence-electron chi connectivity index (χ4n) is 4.34. The molecular weight excluding hydrogens is 468 g/mol. The van der Waals surface area contributed by atoms with Gasteiger partial charge in [0, 0.05) is 34.4 Å². The Morgan fingerprint density at radius 3 is 1.86 bits per heavy atom. The number of hydrogen-bond acceptors (Lipinski definition) is 6. The van der Waals surface area contributed by atoms with Gasteiger partial charge in [-0.3, -0.25) is 0 Å². The maximum absolute atomic E-state index is 11.0. The van der Waals surface area contributed by atoms with E-state index >= 15 is 0 Å². The Hall–Kier alpha value is -3.61. The SMILES string of the molecule is C=CC(=O)OCCOCCOCCOc1c2c(c(OCCc3ccccc3)c3ccccc13)CC=CC2. The van der Waals surface area contributed by atoms with Gasteiger partial charge < -0.3 is 23.7 Å². The van der Waals surface area contributed by atoms with Gasteiger partial charge in [0.15, 0.2) is 0 Å². The van der Waals surface area contributed by atoms with E-state index in [0.717, 1.165) is 47.6 Å². The highest BCUT2D eigenvalue weighted by Gasteiger charge is 2.22. The monoisotopic (exact) mass is 502 g/mol. The van der Waals surface area contributed by atoms with Crippen LogP contribution in [0.1, 0.15) is 16.7 Å². The van der Waals surface area contributed by atoms with Gasteiger partial charge in [-0.15, -0.1) is 0 Å². The molecule has 1 aliphatic carbocycles. The predicted molar refractivity (Wildman–Crippen MR) is 144 cm³/mol. The van der Waals surface area contributed by atoms with Crippen molar-refractivity contribution in [2.45, 2.75) is 19.3 Å². The fraction of sp³-hybridized carbons (Fsp3) is 0.323. The standard InChI is InChI=1S/C31H34O6/c1-2-29(32)35-22-20-33-18-19-34-21-23-37-31-27-14-8-6-12-25(27)30(26-13-7-9-15-28(26)31)36-17-16-24-10-4-3-5-11-24/h2-12,14H,1,13,15-23H2. The molecule has 194 valence electrons. The molecule has 0 fully saturated rings. The number of benzene rings is 3. The molecule has 6 heteroatoms. The molecule has 3 aromatic carbocycles. The first-order chi connectivity index (χ1) is 18.3. The summed E-state index contributed by atoms with van der Waals surface area (Å²) < 4.78 is 28.7. The zero-order valence-corrected chi connectivity index (χ0v) is 21.2. The van der Waals surface area contributed by atoms with Crippen molar-refractivity contribution in [1.82, 2.24) is 0 Å². The molecule has 6 nitrogen and oxygen atoms in total. The van der Waals surface area contributed by atoms with Crippen LogP contribution in [0.4, 0.5) is 0 Å². The lowest BCUT2D eigenvalue weighted by Crippen LogP contribution is -2.15. The summed E-state index contributed by atoms with van der Waals surface area (Å²) in [6.07, 6.45) is 8.03. The van der Waals surface area contributed by atoms with Gasteiger partial charge in [0.2, 0.25) is 0 Å². The molecule has 0 bridgehead atoms. The zero-order valence-electron chi connectivity index (χ0n) is 21.2. The Labute approximate surface area is 218 Å². The lowest BCUT2D eigenvalue weighted by molar-refractivity contribution is -0.139. The van der Waals surface area contributed by atoms with Crippen molar-refractivity contribution in [3.8, 4) is 11.5 Å². The molecular formula is C31H34O6. The first kappa shape index (κ1) is 26.5. The van der Waals surface area contributed by atoms with Crippen LogP contribution in [0.15, 0.2) is 79.4 Å². The van der Waals surface area contributed by atoms with Gasteiger partial charge >= 0.3 is 5.97 Å². The van der Waals surface area contributed by atoms with Crippen LogP contribution in [0.25, 0.3) is 10.8 Å². The highest BCUT2D eigenvalue weighted by Crippen LogP contribution is 2.43. The van der Waals surface area contributed by atoms with Crippen molar-refractivity contribution in [3.05, 3.63) is 96.1 Å². The number of esters is 1. The second-order valence-electron chi connectivity index (χ2n) is 8.57. The van der Waals surface area contributed by atoms with Crippen LogP contribution in [0.3, 0.4) is 0 Å². The Morgan fingerprint density at radius 2 is 1.24 bits per heavy atom. The van der Waals surface area contributed by atoms with Gasteiger partial charge in [-0.05, 0) is 18.4 Å². The average molecular weight is 503 g/mol. The molecule has 37 heavy (non-hydrogen) atoms. The molecule has 0 amide bonds. The van der Waals surface area contributed by atoms with Crippen molar-refractivity contribution in [2.75, 3.05) is 46.2 Å². The van der Waals surface area contributed by atoms with E-state index in [1.807, 2.05) is 18.2 Å². The normalized spacial score (nSPS) is 12.2. The van der Waals surface area contributed by atoms with Gasteiger partial charge in [0.25, 0.3) is 0 Å². The number of allylic oxidation sites excluding steroid dienone is 2. The minimum Gasteiger partial charge on any atom is -0.492 e. The summed E-state index contributed by atoms with van der Waals surface area (Å²) >= 11 is 0. The minimum absolute atomic E-state index is 0.201. The first-order valence-corrected chi connectivity index (χ1v) is 12.7. The van der Waals surface area contributed by atoms with E-state index in [2.05, 4.69) is 55.1 Å². The molecule has 0 spiro atoms. The molecule has 4 rings (SSSR count). The summed E-state index contributed by atoms with van der Waals surface area (Å²) in [6.45, 7) is 6.24. The van der Waals surface area contributed by atoms with Crippen LogP contribution in [-0.2, 0) is 38.3 Å². The third kappa shape index (κ3) is 7.44. The Bertz CT molecular complexity index is 1200. The van der Waals surface area contributed by atoms with E-state index in [1.54, 1.807) is 0 Å². The summed E-state index contributed by atoms with van der Waals surface area (Å²) in [7, 11) is 0. The minimum atomic E-state index is -0.450. The molecule has 3 aromatic rings. The predicted octanol–water partition coefficient (Wildman–Crippen LogP) is 5.26. The maximum atomic E-state index is 11.0. The van der Waals surface area contributed by atoms with Crippen molar-refractivity contribution in [2.24, 2.45) is 0 Å². The van der Waals surface area contributed by atoms with Crippen LogP contribution >= 0.6 is 0 Å². The summed E-state index contributed by atoms with van der Waals surface area (Å²) in [5.41, 5.74) is 3.66. The van der Waals surface area contributed by atoms with Crippen molar-refractivity contribution in [3.63, 3.8) is 0 Å². The van der Waals surface area contributed by atoms with Gasteiger partial charge in [0.1, 0.15) is 24.7 Å². The van der Waals surface area contributed by atoms with E-state index in [1.165, 1.54) is 16.7 Å². The number of fused-ring (bicyclic) bond motifs is 2. The molecule has 0 aromatic heterocycles. The van der Waals surface area contributed by atoms with Gasteiger partial charge in [-0.2, -0.15) is 0 Å². The summed E-state index contributed by atoms with van der Waals surface area (Å²) in [5, 5.41) is 2.13.